The number of hydrogen-bond acceptors (Lipinski definition) is 8. The lowest BCUT2D eigenvalue weighted by atomic mass is 9.76. The lowest BCUT2D eigenvalue weighted by Gasteiger charge is -2.35. The number of allylic oxidation sites excluding steroid dienone is 3. The van der Waals surface area contributed by atoms with Gasteiger partial charge in [0.15, 0.2) is 0 Å². The second-order valence-electron chi connectivity index (χ2n) is 23.6. The molecule has 0 N–H and O–H groups in total. The van der Waals surface area contributed by atoms with Crippen molar-refractivity contribution in [3.63, 3.8) is 0 Å². The van der Waals surface area contributed by atoms with Gasteiger partial charge in [-0.15, -0.1) is 0 Å². The molecule has 0 fully saturated rings. The van der Waals surface area contributed by atoms with Crippen LogP contribution in [0.4, 0.5) is 45.5 Å². The smallest absolute Gasteiger partial charge is 0.143 e. The first kappa shape index (κ1) is 61.5. The summed E-state index contributed by atoms with van der Waals surface area (Å²) < 4.78 is 33.7. The maximum atomic E-state index is 5.65. The van der Waals surface area contributed by atoms with Crippen molar-refractivity contribution >= 4 is 45.5 Å². The summed E-state index contributed by atoms with van der Waals surface area (Å²) in [7, 11) is 12.5. The van der Waals surface area contributed by atoms with Crippen LogP contribution in [0.2, 0.25) is 0 Å². The molecule has 0 heterocycles. The third kappa shape index (κ3) is 13.1. The third-order valence-electron chi connectivity index (χ3n) is 18.3. The Morgan fingerprint density at radius 3 is 1.02 bits per heavy atom. The van der Waals surface area contributed by atoms with Gasteiger partial charge in [-0.05, 0) is 215 Å². The Kier molecular flexibility index (Phi) is 18.4. The number of methoxy groups -OCH3 is 6. The van der Waals surface area contributed by atoms with Crippen molar-refractivity contribution in [2.45, 2.75) is 37.5 Å². The van der Waals surface area contributed by atoms with Gasteiger partial charge in [0.2, 0.25) is 0 Å². The summed E-state index contributed by atoms with van der Waals surface area (Å²) in [5.41, 5.74) is 19.0. The molecule has 0 amide bonds. The van der Waals surface area contributed by atoms with E-state index in [1.165, 1.54) is 27.8 Å². The zero-order chi connectivity index (χ0) is 63.6. The van der Waals surface area contributed by atoms with E-state index >= 15 is 0 Å². The third-order valence-corrected chi connectivity index (χ3v) is 18.3. The average molecular weight is 1210 g/mol. The first-order chi connectivity index (χ1) is 45.0. The predicted molar refractivity (Wildman–Crippen MR) is 378 cm³/mol. The van der Waals surface area contributed by atoms with Crippen molar-refractivity contribution in [1.82, 2.24) is 4.48 Å². The van der Waals surface area contributed by atoms with E-state index in [1.54, 1.807) is 42.7 Å². The minimum atomic E-state index is -0.258. The van der Waals surface area contributed by atoms with E-state index in [0.29, 0.717) is 4.48 Å². The Morgan fingerprint density at radius 1 is 0.359 bits per heavy atom. The van der Waals surface area contributed by atoms with Crippen molar-refractivity contribution in [2.75, 3.05) is 59.5 Å². The SMILES string of the molecule is COc1ccc(CCC(c2ccc(OC)cc2)c2ccc(-c3ccc([N+](C)(c4ccc(OC)cc4)c4ccc(C5(C)C=CC(N(c6ccc(OC)cc6)c6ccc(-c7ccc(N(c8ccc(OC)cc8)c8ccc(OC)cc8)cc7)cc6)=CC5)cc4)cc3)cc2)cc1. The number of aryl methyl sites for hydroxylation is 1. The number of nitrogens with zero attached hydrogens (tertiary/aromatic N) is 3. The standard InChI is InChI=1S/C83H78N3O6/c1-83(57-55-72(56-58-83)85(71-34-50-80(91-7)51-35-71)68-28-18-62(19-29-68)61-16-26-67(27-17-61)84(69-30-46-78(89-5)47-31-69)70-32-48-79(90-6)49-33-70)66-24-38-74(39-25-66)86(2,75-40-52-81(92-8)53-41-75)73-36-20-63(21-37-73)60-12-14-64(15-13-60)82(65-22-44-77(88-4)45-23-65)54-11-59-9-42-76(87-3)43-10-59/h9-10,12-53,55-57,82H,11,54,58H2,1-8H3/q+1. The fourth-order valence-corrected chi connectivity index (χ4v) is 12.6. The quantitative estimate of drug-likeness (QED) is 0.0587. The van der Waals surface area contributed by atoms with Gasteiger partial charge >= 0.3 is 0 Å². The van der Waals surface area contributed by atoms with E-state index in [2.05, 4.69) is 260 Å². The molecule has 9 nitrogen and oxygen atoms in total. The molecule has 1 aliphatic rings. The van der Waals surface area contributed by atoms with Crippen LogP contribution in [0.3, 0.4) is 0 Å². The molecule has 3 atom stereocenters. The summed E-state index contributed by atoms with van der Waals surface area (Å²) >= 11 is 0. The lowest BCUT2D eigenvalue weighted by molar-refractivity contribution is 0.414. The van der Waals surface area contributed by atoms with Gasteiger partial charge in [0.1, 0.15) is 51.6 Å². The van der Waals surface area contributed by atoms with Gasteiger partial charge in [0.05, 0.1) is 49.7 Å². The van der Waals surface area contributed by atoms with E-state index in [1.807, 2.05) is 48.5 Å². The van der Waals surface area contributed by atoms with E-state index in [4.69, 9.17) is 28.4 Å². The van der Waals surface area contributed by atoms with Gasteiger partial charge in [-0.3, -0.25) is 0 Å². The number of rotatable bonds is 23. The van der Waals surface area contributed by atoms with Gasteiger partial charge < -0.3 is 38.2 Å². The maximum Gasteiger partial charge on any atom is 0.143 e. The Bertz CT molecular complexity index is 4220. The topological polar surface area (TPSA) is 61.9 Å². The number of benzene rings is 11. The van der Waals surface area contributed by atoms with Crippen LogP contribution in [0, 0.1) is 0 Å². The molecule has 0 spiro atoms. The molecule has 3 unspecified atom stereocenters. The van der Waals surface area contributed by atoms with E-state index < -0.39 is 0 Å². The summed E-state index contributed by atoms with van der Waals surface area (Å²) in [5.74, 6) is 5.17. The predicted octanol–water partition coefficient (Wildman–Crippen LogP) is 20.8. The molecule has 0 saturated heterocycles. The molecule has 0 aliphatic heterocycles. The van der Waals surface area contributed by atoms with Crippen LogP contribution in [0.25, 0.3) is 22.3 Å². The minimum absolute atomic E-state index is 0.208. The number of quaternary nitrogens is 1. The molecule has 0 bridgehead atoms. The molecule has 12 rings (SSSR count). The molecule has 9 heteroatoms. The van der Waals surface area contributed by atoms with Crippen molar-refractivity contribution in [1.29, 1.82) is 0 Å². The molecule has 92 heavy (non-hydrogen) atoms. The molecule has 0 saturated carbocycles. The first-order valence-electron chi connectivity index (χ1n) is 31.2. The zero-order valence-electron chi connectivity index (χ0n) is 53.6. The Labute approximate surface area is 542 Å². The first-order valence-corrected chi connectivity index (χ1v) is 31.2. The second kappa shape index (κ2) is 27.6. The summed E-state index contributed by atoms with van der Waals surface area (Å²) in [6.07, 6.45) is 9.73. The van der Waals surface area contributed by atoms with Crippen molar-refractivity contribution in [3.05, 3.63) is 313 Å². The highest BCUT2D eigenvalue weighted by molar-refractivity contribution is 5.81. The molecular weight excluding hydrogens is 1130 g/mol. The van der Waals surface area contributed by atoms with Crippen LogP contribution in [0.15, 0.2) is 291 Å². The Morgan fingerprint density at radius 2 is 0.652 bits per heavy atom. The summed E-state index contributed by atoms with van der Waals surface area (Å²) in [4.78, 5) is 4.56. The highest BCUT2D eigenvalue weighted by Gasteiger charge is 2.34. The van der Waals surface area contributed by atoms with Crippen LogP contribution >= 0.6 is 0 Å². The lowest BCUT2D eigenvalue weighted by Crippen LogP contribution is -2.33. The van der Waals surface area contributed by atoms with Gasteiger partial charge in [0.25, 0.3) is 0 Å². The average Bonchev–Trinajstić information content (AvgIpc) is 0.809. The van der Waals surface area contributed by atoms with Gasteiger partial charge in [-0.1, -0.05) is 104 Å². The van der Waals surface area contributed by atoms with Crippen LogP contribution in [0.5, 0.6) is 34.5 Å². The van der Waals surface area contributed by atoms with E-state index in [9.17, 15) is 0 Å². The van der Waals surface area contributed by atoms with E-state index in [-0.39, 0.29) is 11.3 Å². The molecule has 11 aromatic rings. The molecule has 1 aliphatic carbocycles. The van der Waals surface area contributed by atoms with Crippen molar-refractivity contribution in [2.24, 2.45) is 0 Å². The van der Waals surface area contributed by atoms with Crippen LogP contribution < -0.4 is 42.7 Å². The number of anilines is 5. The summed E-state index contributed by atoms with van der Waals surface area (Å²) in [5, 5.41) is 0. The van der Waals surface area contributed by atoms with Gasteiger partial charge in [0, 0.05) is 81.9 Å². The Hall–Kier alpha value is -10.7. The molecule has 0 aromatic heterocycles. The van der Waals surface area contributed by atoms with Crippen LogP contribution in [-0.4, -0.2) is 49.7 Å². The molecule has 460 valence electrons. The fourth-order valence-electron chi connectivity index (χ4n) is 12.6. The van der Waals surface area contributed by atoms with E-state index in [0.717, 1.165) is 122 Å². The zero-order valence-corrected chi connectivity index (χ0v) is 53.6. The molecular formula is C83H78N3O6+. The Balaban J connectivity index is 0.781. The fraction of sp³-hybridized carbons (Fsp3) is 0.157. The highest BCUT2D eigenvalue weighted by atomic mass is 16.5. The largest absolute Gasteiger partial charge is 0.497 e. The van der Waals surface area contributed by atoms with Crippen molar-refractivity contribution < 1.29 is 28.4 Å². The van der Waals surface area contributed by atoms with Crippen LogP contribution in [-0.2, 0) is 11.8 Å². The highest BCUT2D eigenvalue weighted by Crippen LogP contribution is 2.46. The molecule has 11 aromatic carbocycles. The van der Waals surface area contributed by atoms with Gasteiger partial charge in [-0.25, -0.2) is 4.48 Å². The second-order valence-corrected chi connectivity index (χ2v) is 23.6. The summed E-state index contributed by atoms with van der Waals surface area (Å²) in [6, 6.07) is 94.9. The minimum Gasteiger partial charge on any atom is -0.497 e. The van der Waals surface area contributed by atoms with Gasteiger partial charge in [-0.2, -0.15) is 0 Å². The van der Waals surface area contributed by atoms with Crippen LogP contribution in [0.1, 0.15) is 47.9 Å². The summed E-state index contributed by atoms with van der Waals surface area (Å²) in [6.45, 7) is 2.33. The monoisotopic (exact) mass is 1210 g/mol. The molecule has 0 radical (unpaired) electrons. The maximum absolute atomic E-state index is 5.65. The number of hydrogen-bond donors (Lipinski definition) is 0. The normalized spacial score (nSPS) is 14.5. The van der Waals surface area contributed by atoms with Crippen molar-refractivity contribution in [3.8, 4) is 56.8 Å². The number of ether oxygens (including phenoxy) is 6.